The molecule has 6 aromatic rings. The Morgan fingerprint density at radius 1 is 0.941 bits per heavy atom. The van der Waals surface area contributed by atoms with Crippen LogP contribution in [0.3, 0.4) is 0 Å². The number of unbranched alkanes of at least 4 members (excludes halogenated alkanes) is 3. The summed E-state index contributed by atoms with van der Waals surface area (Å²) in [6, 6.07) is 19.6. The highest BCUT2D eigenvalue weighted by atomic mass is 31.2. The van der Waals surface area contributed by atoms with Crippen LogP contribution in [0.2, 0.25) is 0 Å². The van der Waals surface area contributed by atoms with Crippen molar-refractivity contribution in [2.24, 2.45) is 0 Å². The molecule has 268 valence electrons. The minimum absolute atomic E-state index is 0.0554. The number of amides is 1. The number of nitrogens with one attached hydrogen (secondary N) is 1. The number of nitrogens with two attached hydrogens (primary N) is 1. The number of carbonyl (C=O) groups is 1. The quantitative estimate of drug-likeness (QED) is 0.0523. The van der Waals surface area contributed by atoms with Gasteiger partial charge in [-0.2, -0.15) is 0 Å². The Kier molecular flexibility index (Phi) is 10.4. The molecule has 2 aromatic heterocycles. The fourth-order valence-electron chi connectivity index (χ4n) is 7.08. The summed E-state index contributed by atoms with van der Waals surface area (Å²) in [7, 11) is -4.95. The van der Waals surface area contributed by atoms with Crippen LogP contribution in [0.15, 0.2) is 67.3 Å². The summed E-state index contributed by atoms with van der Waals surface area (Å²) >= 11 is 0. The van der Waals surface area contributed by atoms with Crippen molar-refractivity contribution in [1.29, 1.82) is 0 Å². The molecule has 1 aliphatic heterocycles. The molecule has 1 aliphatic rings. The first-order valence-corrected chi connectivity index (χ1v) is 18.7. The summed E-state index contributed by atoms with van der Waals surface area (Å²) in [6.45, 7) is 0.914. The van der Waals surface area contributed by atoms with E-state index in [2.05, 4.69) is 74.9 Å². The summed E-state index contributed by atoms with van der Waals surface area (Å²) in [5.41, 5.74) is 7.72. The number of benzene rings is 4. The van der Waals surface area contributed by atoms with Crippen LogP contribution in [0.4, 0.5) is 5.82 Å². The first-order valence-electron chi connectivity index (χ1n) is 17.2. The van der Waals surface area contributed by atoms with Crippen LogP contribution in [0.5, 0.6) is 0 Å². The number of nitrogens with zero attached hydrogens (tertiary/aromatic N) is 4. The first kappa shape index (κ1) is 35.1. The van der Waals surface area contributed by atoms with Gasteiger partial charge >= 0.3 is 7.82 Å². The number of fused-ring (bicyclic) bond motifs is 1. The number of aliphatic hydroxyl groups excluding tert-OH is 1. The Bertz CT molecular complexity index is 2170. The molecule has 15 heteroatoms. The van der Waals surface area contributed by atoms with Crippen molar-refractivity contribution in [2.75, 3.05) is 25.5 Å². The zero-order valence-electron chi connectivity index (χ0n) is 27.9. The largest absolute Gasteiger partial charge is 0.470 e. The number of phosphoric acid groups is 1. The van der Waals surface area contributed by atoms with Crippen LogP contribution < -0.4 is 11.1 Å². The van der Waals surface area contributed by atoms with Crippen LogP contribution >= 0.6 is 7.82 Å². The first-order chi connectivity index (χ1) is 24.7. The van der Waals surface area contributed by atoms with E-state index in [1.54, 1.807) is 0 Å². The Balaban J connectivity index is 0.807. The smallest absolute Gasteiger partial charge is 0.386 e. The van der Waals surface area contributed by atoms with E-state index in [0.717, 1.165) is 38.5 Å². The number of hydrogen-bond acceptors (Lipinski definition) is 10. The van der Waals surface area contributed by atoms with Gasteiger partial charge < -0.3 is 35.4 Å². The summed E-state index contributed by atoms with van der Waals surface area (Å²) in [5, 5.41) is 21.6. The van der Waals surface area contributed by atoms with Gasteiger partial charge in [0.1, 0.15) is 30.2 Å². The minimum atomic E-state index is -4.95. The number of phosphoric ester groups is 1. The third-order valence-electron chi connectivity index (χ3n) is 9.52. The van der Waals surface area contributed by atoms with Crippen LogP contribution in [-0.2, 0) is 29.8 Å². The molecular formula is C36H41N6O8P. The molecule has 0 saturated carbocycles. The molecule has 14 nitrogen and oxygen atoms in total. The third-order valence-corrected chi connectivity index (χ3v) is 10.0. The number of nitrogen functional groups attached to an aromatic ring is 1. The van der Waals surface area contributed by atoms with Crippen LogP contribution in [0.1, 0.15) is 50.3 Å². The topological polar surface area (TPSA) is 204 Å². The zero-order valence-corrected chi connectivity index (χ0v) is 28.8. The predicted molar refractivity (Wildman–Crippen MR) is 192 cm³/mol. The molecule has 6 N–H and O–H groups in total. The SMILES string of the molecule is Nc1ncnc2c1ncn2[C@@H]1O[C@H](COCCCCCCNC(=O)CCCc2ccc3ccc4cccc5ccc2c3c45)[C@@H](OP(=O)(O)O)[C@H]1O. The van der Waals surface area contributed by atoms with Gasteiger partial charge in [0.15, 0.2) is 17.7 Å². The molecule has 51 heavy (non-hydrogen) atoms. The number of imidazole rings is 1. The normalized spacial score (nSPS) is 19.6. The van der Waals surface area contributed by atoms with E-state index in [1.807, 2.05) is 0 Å². The minimum Gasteiger partial charge on any atom is -0.386 e. The van der Waals surface area contributed by atoms with Gasteiger partial charge in [-0.05, 0) is 63.6 Å². The van der Waals surface area contributed by atoms with Crippen molar-refractivity contribution in [3.63, 3.8) is 0 Å². The second-order valence-electron chi connectivity index (χ2n) is 13.0. The van der Waals surface area contributed by atoms with E-state index in [-0.39, 0.29) is 18.3 Å². The molecule has 4 aromatic carbocycles. The molecule has 4 atom stereocenters. The van der Waals surface area contributed by atoms with Gasteiger partial charge in [0.05, 0.1) is 12.9 Å². The summed E-state index contributed by atoms with van der Waals surface area (Å²) in [5.74, 6) is 0.197. The lowest BCUT2D eigenvalue weighted by Crippen LogP contribution is -2.36. The molecule has 1 amide bonds. The standard InChI is InChI=1S/C36H41N6O8P/c37-34-31-35(40-20-39-34)42(21-41-31)36-32(44)33(50-51(45,46)47)27(49-36)19-48-18-4-2-1-3-17-38-28(43)10-6-7-22-11-12-25-14-13-23-8-5-9-24-15-16-26(22)30(25)29(23)24/h5,8-9,11-16,20-21,27,32-33,36,44H,1-4,6-7,10,17-19H2,(H,38,43)(H2,37,39,40)(H2,45,46,47)/t27-,32-,33-,36-/m1/s1. The Hall–Kier alpha value is -4.27. The number of rotatable bonds is 16. The van der Waals surface area contributed by atoms with Crippen molar-refractivity contribution < 1.29 is 38.3 Å². The van der Waals surface area contributed by atoms with Crippen molar-refractivity contribution in [3.8, 4) is 0 Å². The number of hydrogen-bond donors (Lipinski definition) is 5. The van der Waals surface area contributed by atoms with Crippen LogP contribution in [0.25, 0.3) is 43.5 Å². The molecular weight excluding hydrogens is 675 g/mol. The fraction of sp³-hybridized carbons (Fsp3) is 0.389. The van der Waals surface area contributed by atoms with Crippen molar-refractivity contribution in [3.05, 3.63) is 72.8 Å². The summed E-state index contributed by atoms with van der Waals surface area (Å²) in [4.78, 5) is 43.7. The van der Waals surface area contributed by atoms with Gasteiger partial charge in [0.2, 0.25) is 5.91 Å². The van der Waals surface area contributed by atoms with Crippen LogP contribution in [0, 0.1) is 0 Å². The van der Waals surface area contributed by atoms with E-state index in [4.69, 9.17) is 19.7 Å². The molecule has 1 fully saturated rings. The monoisotopic (exact) mass is 716 g/mol. The van der Waals surface area contributed by atoms with Crippen molar-refractivity contribution >= 4 is 63.0 Å². The number of aryl methyl sites for hydroxylation is 1. The summed E-state index contributed by atoms with van der Waals surface area (Å²) < 4.78 is 29.7. The number of ether oxygens (including phenoxy) is 2. The number of aliphatic hydroxyl groups is 1. The van der Waals surface area contributed by atoms with Gasteiger partial charge in [-0.1, -0.05) is 67.4 Å². The van der Waals surface area contributed by atoms with Crippen molar-refractivity contribution in [2.45, 2.75) is 69.5 Å². The van der Waals surface area contributed by atoms with Gasteiger partial charge in [-0.3, -0.25) is 13.9 Å². The van der Waals surface area contributed by atoms with Crippen LogP contribution in [-0.4, -0.2) is 78.4 Å². The molecule has 3 heterocycles. The number of anilines is 1. The highest BCUT2D eigenvalue weighted by molar-refractivity contribution is 7.46. The zero-order chi connectivity index (χ0) is 35.5. The van der Waals surface area contributed by atoms with E-state index in [9.17, 15) is 24.3 Å². The number of carbonyl (C=O) groups excluding carboxylic acids is 1. The van der Waals surface area contributed by atoms with Gasteiger partial charge in [0, 0.05) is 19.6 Å². The Labute approximate surface area is 293 Å². The maximum Gasteiger partial charge on any atom is 0.470 e. The molecule has 0 spiro atoms. The molecule has 0 aliphatic carbocycles. The maximum absolute atomic E-state index is 12.5. The number of aromatic nitrogens is 4. The van der Waals surface area contributed by atoms with E-state index in [0.29, 0.717) is 30.7 Å². The molecule has 0 bridgehead atoms. The fourth-order valence-corrected chi connectivity index (χ4v) is 7.66. The Morgan fingerprint density at radius 2 is 1.69 bits per heavy atom. The van der Waals surface area contributed by atoms with Gasteiger partial charge in [-0.15, -0.1) is 0 Å². The highest BCUT2D eigenvalue weighted by Gasteiger charge is 2.48. The van der Waals surface area contributed by atoms with Gasteiger partial charge in [0.25, 0.3) is 0 Å². The predicted octanol–water partition coefficient (Wildman–Crippen LogP) is 4.76. The van der Waals surface area contributed by atoms with Gasteiger partial charge in [-0.25, -0.2) is 19.5 Å². The lowest BCUT2D eigenvalue weighted by atomic mass is 9.90. The van der Waals surface area contributed by atoms with E-state index >= 15 is 0 Å². The summed E-state index contributed by atoms with van der Waals surface area (Å²) in [6.07, 6.45) is 3.13. The highest BCUT2D eigenvalue weighted by Crippen LogP contribution is 2.44. The maximum atomic E-state index is 12.5. The second kappa shape index (κ2) is 15.1. The Morgan fingerprint density at radius 3 is 2.49 bits per heavy atom. The average molecular weight is 717 g/mol. The second-order valence-corrected chi connectivity index (χ2v) is 14.2. The molecule has 7 rings (SSSR count). The molecule has 1 saturated heterocycles. The van der Waals surface area contributed by atoms with E-state index in [1.165, 1.54) is 55.1 Å². The lowest BCUT2D eigenvalue weighted by Gasteiger charge is -2.21. The average Bonchev–Trinajstić information content (AvgIpc) is 3.67. The lowest BCUT2D eigenvalue weighted by molar-refractivity contribution is -0.121. The van der Waals surface area contributed by atoms with Crippen molar-refractivity contribution in [1.82, 2.24) is 24.8 Å². The molecule has 0 radical (unpaired) electrons. The van der Waals surface area contributed by atoms with E-state index < -0.39 is 32.4 Å². The molecule has 0 unspecified atom stereocenters. The third kappa shape index (κ3) is 7.68.